The number of nitrogens with zero attached hydrogens (tertiary/aromatic N) is 2. The average molecular weight is 711 g/mol. The molecule has 0 radical (unpaired) electrons. The number of nitrogens with one attached hydrogen (secondary N) is 1. The van der Waals surface area contributed by atoms with Crippen LogP contribution in [0.4, 0.5) is 5.69 Å². The van der Waals surface area contributed by atoms with Crippen LogP contribution >= 0.6 is 27.5 Å². The second kappa shape index (κ2) is 15.5. The Bertz CT molecular complexity index is 1590. The van der Waals surface area contributed by atoms with Gasteiger partial charge in [0.2, 0.25) is 11.8 Å². The third kappa shape index (κ3) is 8.58. The molecule has 0 aliphatic carbocycles. The Morgan fingerprint density at radius 1 is 0.909 bits per heavy atom. The van der Waals surface area contributed by atoms with E-state index in [4.69, 9.17) is 25.8 Å². The van der Waals surface area contributed by atoms with Gasteiger partial charge in [-0.1, -0.05) is 53.5 Å². The molecule has 0 saturated heterocycles. The van der Waals surface area contributed by atoms with Gasteiger partial charge in [0.05, 0.1) is 31.9 Å². The quantitative estimate of drug-likeness (QED) is 0.235. The maximum absolute atomic E-state index is 14.3. The molecule has 2 amide bonds. The Kier molecular flexibility index (Phi) is 12.3. The van der Waals surface area contributed by atoms with Crippen LogP contribution < -0.4 is 23.8 Å². The van der Waals surface area contributed by atoms with Crippen molar-refractivity contribution in [2.75, 3.05) is 38.7 Å². The number of carbonyl (C=O) groups is 2. The summed E-state index contributed by atoms with van der Waals surface area (Å²) >= 11 is 9.76. The minimum atomic E-state index is -4.43. The van der Waals surface area contributed by atoms with E-state index in [1.165, 1.54) is 56.6 Å². The smallest absolute Gasteiger partial charge is 0.265 e. The van der Waals surface area contributed by atoms with Crippen LogP contribution in [-0.4, -0.2) is 65.6 Å². The number of carbonyl (C=O) groups excluding carboxylic acids is 2. The molecule has 0 aliphatic heterocycles. The van der Waals surface area contributed by atoms with Gasteiger partial charge >= 0.3 is 0 Å². The lowest BCUT2D eigenvalue weighted by Crippen LogP contribution is -2.51. The number of benzene rings is 3. The molecule has 0 saturated carbocycles. The van der Waals surface area contributed by atoms with Crippen molar-refractivity contribution in [2.45, 2.75) is 38.3 Å². The van der Waals surface area contributed by atoms with E-state index in [0.717, 1.165) is 14.3 Å². The summed E-state index contributed by atoms with van der Waals surface area (Å²) in [5.74, 6) is -0.106. The van der Waals surface area contributed by atoms with E-state index in [1.807, 2.05) is 38.1 Å². The molecule has 0 fully saturated rings. The van der Waals surface area contributed by atoms with Gasteiger partial charge in [0.15, 0.2) is 11.5 Å². The fraction of sp³-hybridized carbons (Fsp3) is 0.355. The Morgan fingerprint density at radius 2 is 1.57 bits per heavy atom. The standard InChI is InChI=1S/C31H37BrClN3O7S/c1-20(2)17-34-31(38)21(3)35(18-22-8-7-9-23(32)14-22)30(37)19-36(26-15-24(33)10-12-27(26)41-4)44(39,40)25-11-13-28(42-5)29(16-25)43-6/h7-16,20-21H,17-19H2,1-6H3,(H,34,38)/t21-/m1/s1. The topological polar surface area (TPSA) is 114 Å². The Labute approximate surface area is 272 Å². The van der Waals surface area contributed by atoms with Gasteiger partial charge < -0.3 is 24.4 Å². The van der Waals surface area contributed by atoms with Crippen molar-refractivity contribution < 1.29 is 32.2 Å². The first-order valence-electron chi connectivity index (χ1n) is 13.7. The molecule has 238 valence electrons. The third-order valence-electron chi connectivity index (χ3n) is 6.73. The summed E-state index contributed by atoms with van der Waals surface area (Å²) in [7, 11) is -0.221. The zero-order valence-corrected chi connectivity index (χ0v) is 28.6. The van der Waals surface area contributed by atoms with Gasteiger partial charge in [-0.2, -0.15) is 0 Å². The van der Waals surface area contributed by atoms with Crippen molar-refractivity contribution in [3.05, 3.63) is 75.7 Å². The monoisotopic (exact) mass is 709 g/mol. The molecule has 0 heterocycles. The van der Waals surface area contributed by atoms with E-state index < -0.39 is 28.5 Å². The first-order chi connectivity index (χ1) is 20.8. The fourth-order valence-electron chi connectivity index (χ4n) is 4.34. The number of amides is 2. The first kappa shape index (κ1) is 35.0. The normalized spacial score (nSPS) is 11.9. The van der Waals surface area contributed by atoms with Gasteiger partial charge in [-0.25, -0.2) is 8.42 Å². The number of methoxy groups -OCH3 is 3. The lowest BCUT2D eigenvalue weighted by Gasteiger charge is -2.32. The number of ether oxygens (including phenoxy) is 3. The molecular formula is C31H37BrClN3O7S. The summed E-state index contributed by atoms with van der Waals surface area (Å²) in [6, 6.07) is 15.0. The Morgan fingerprint density at radius 3 is 2.18 bits per heavy atom. The van der Waals surface area contributed by atoms with Crippen LogP contribution in [-0.2, 0) is 26.2 Å². The molecule has 0 unspecified atom stereocenters. The number of hydrogen-bond acceptors (Lipinski definition) is 7. The minimum absolute atomic E-state index is 0.0439. The molecule has 3 rings (SSSR count). The van der Waals surface area contributed by atoms with Crippen molar-refractivity contribution in [3.63, 3.8) is 0 Å². The second-order valence-corrected chi connectivity index (χ2v) is 13.5. The van der Waals surface area contributed by atoms with Crippen LogP contribution in [0.2, 0.25) is 5.02 Å². The molecule has 3 aromatic rings. The van der Waals surface area contributed by atoms with Crippen LogP contribution in [0.15, 0.2) is 70.0 Å². The first-order valence-corrected chi connectivity index (χ1v) is 16.3. The molecule has 3 aromatic carbocycles. The van der Waals surface area contributed by atoms with Crippen LogP contribution in [0, 0.1) is 5.92 Å². The maximum atomic E-state index is 14.3. The van der Waals surface area contributed by atoms with Gasteiger partial charge in [-0.15, -0.1) is 0 Å². The van der Waals surface area contributed by atoms with Gasteiger partial charge in [0.25, 0.3) is 10.0 Å². The zero-order chi connectivity index (χ0) is 32.6. The molecule has 10 nitrogen and oxygen atoms in total. The van der Waals surface area contributed by atoms with Crippen LogP contribution in [0.1, 0.15) is 26.3 Å². The lowest BCUT2D eigenvalue weighted by molar-refractivity contribution is -0.139. The Balaban J connectivity index is 2.13. The highest BCUT2D eigenvalue weighted by atomic mass is 79.9. The summed E-state index contributed by atoms with van der Waals surface area (Å²) in [5, 5.41) is 3.10. The van der Waals surface area contributed by atoms with Gasteiger partial charge in [0.1, 0.15) is 18.3 Å². The van der Waals surface area contributed by atoms with E-state index in [1.54, 1.807) is 13.0 Å². The third-order valence-corrected chi connectivity index (χ3v) is 9.21. The highest BCUT2D eigenvalue weighted by Gasteiger charge is 2.34. The van der Waals surface area contributed by atoms with Gasteiger partial charge in [-0.3, -0.25) is 13.9 Å². The van der Waals surface area contributed by atoms with Gasteiger partial charge in [0, 0.05) is 28.7 Å². The molecule has 1 N–H and O–H groups in total. The second-order valence-electron chi connectivity index (χ2n) is 10.3. The summed E-state index contributed by atoms with van der Waals surface area (Å²) in [4.78, 5) is 28.6. The largest absolute Gasteiger partial charge is 0.495 e. The van der Waals surface area contributed by atoms with Gasteiger partial charge in [-0.05, 0) is 60.9 Å². The van der Waals surface area contributed by atoms with Crippen molar-refractivity contribution in [3.8, 4) is 17.2 Å². The highest BCUT2D eigenvalue weighted by molar-refractivity contribution is 9.10. The Hall–Kier alpha value is -3.48. The molecule has 0 aliphatic rings. The number of hydrogen-bond donors (Lipinski definition) is 1. The molecule has 0 spiro atoms. The van der Waals surface area contributed by atoms with Crippen molar-refractivity contribution in [2.24, 2.45) is 5.92 Å². The van der Waals surface area contributed by atoms with E-state index >= 15 is 0 Å². The SMILES string of the molecule is COc1ccc(S(=O)(=O)N(CC(=O)N(Cc2cccc(Br)c2)[C@H](C)C(=O)NCC(C)C)c2cc(Cl)ccc2OC)cc1OC. The van der Waals surface area contributed by atoms with Crippen LogP contribution in [0.3, 0.4) is 0 Å². The van der Waals surface area contributed by atoms with Crippen LogP contribution in [0.25, 0.3) is 0 Å². The number of halogens is 2. The fourth-order valence-corrected chi connectivity index (χ4v) is 6.39. The van der Waals surface area contributed by atoms with Crippen molar-refractivity contribution in [1.82, 2.24) is 10.2 Å². The van der Waals surface area contributed by atoms with E-state index in [2.05, 4.69) is 21.2 Å². The predicted molar refractivity (Wildman–Crippen MR) is 174 cm³/mol. The highest BCUT2D eigenvalue weighted by Crippen LogP contribution is 2.37. The minimum Gasteiger partial charge on any atom is -0.495 e. The molecule has 44 heavy (non-hydrogen) atoms. The molecule has 13 heteroatoms. The van der Waals surface area contributed by atoms with Crippen LogP contribution in [0.5, 0.6) is 17.2 Å². The molecule has 0 bridgehead atoms. The maximum Gasteiger partial charge on any atom is 0.265 e. The number of rotatable bonds is 14. The summed E-state index contributed by atoms with van der Waals surface area (Å²) in [6.07, 6.45) is 0. The zero-order valence-electron chi connectivity index (χ0n) is 25.5. The van der Waals surface area contributed by atoms with E-state index in [-0.39, 0.29) is 45.5 Å². The van der Waals surface area contributed by atoms with Crippen molar-refractivity contribution >= 4 is 55.1 Å². The van der Waals surface area contributed by atoms with E-state index in [9.17, 15) is 18.0 Å². The van der Waals surface area contributed by atoms with E-state index in [0.29, 0.717) is 12.3 Å². The number of anilines is 1. The van der Waals surface area contributed by atoms with Crippen molar-refractivity contribution in [1.29, 1.82) is 0 Å². The number of sulfonamides is 1. The summed E-state index contributed by atoms with van der Waals surface area (Å²) in [5.41, 5.74) is 0.785. The summed E-state index contributed by atoms with van der Waals surface area (Å²) in [6.45, 7) is 5.34. The average Bonchev–Trinajstić information content (AvgIpc) is 3.00. The molecule has 0 aromatic heterocycles. The predicted octanol–water partition coefficient (Wildman–Crippen LogP) is 5.51. The summed E-state index contributed by atoms with van der Waals surface area (Å²) < 4.78 is 46.4. The lowest BCUT2D eigenvalue weighted by atomic mass is 10.1. The molecule has 1 atom stereocenters. The molecular weight excluding hydrogens is 674 g/mol.